The van der Waals surface area contributed by atoms with Crippen molar-refractivity contribution in [3.8, 4) is 0 Å². The van der Waals surface area contributed by atoms with E-state index < -0.39 is 22.8 Å². The van der Waals surface area contributed by atoms with Gasteiger partial charge in [0.15, 0.2) is 0 Å². The van der Waals surface area contributed by atoms with Crippen molar-refractivity contribution < 1.29 is 26.6 Å². The monoisotopic (exact) mass is 411 g/mol. The Hall–Kier alpha value is 0.154. The van der Waals surface area contributed by atoms with Crippen LogP contribution < -0.4 is 5.73 Å². The van der Waals surface area contributed by atoms with Crippen LogP contribution in [0.2, 0.25) is 5.54 Å². The highest BCUT2D eigenvalue weighted by molar-refractivity contribution is 6.65. The molecular weight excluding hydrogens is 370 g/mol. The molecule has 9 heteroatoms. The van der Waals surface area contributed by atoms with Crippen LogP contribution in [0.3, 0.4) is 0 Å². The lowest BCUT2D eigenvalue weighted by molar-refractivity contribution is 0.0385. The molecule has 2 atom stereocenters. The average molecular weight is 412 g/mol. The molecule has 0 saturated carbocycles. The fourth-order valence-corrected chi connectivity index (χ4v) is 9.36. The van der Waals surface area contributed by atoms with Crippen LogP contribution in [0.25, 0.3) is 0 Å². The van der Waals surface area contributed by atoms with Gasteiger partial charge < -0.3 is 32.3 Å². The van der Waals surface area contributed by atoms with E-state index in [1.807, 2.05) is 48.5 Å². The summed E-state index contributed by atoms with van der Waals surface area (Å²) in [6.07, 6.45) is 0.561. The average Bonchev–Trinajstić information content (AvgIpc) is 2.55. The molecule has 0 fully saturated rings. The van der Waals surface area contributed by atoms with E-state index in [1.165, 1.54) is 0 Å². The van der Waals surface area contributed by atoms with E-state index >= 15 is 0 Å². The second kappa shape index (κ2) is 12.6. The summed E-state index contributed by atoms with van der Waals surface area (Å²) in [5.41, 5.74) is 6.76. The molecule has 7 nitrogen and oxygen atoms in total. The van der Waals surface area contributed by atoms with Crippen LogP contribution in [-0.4, -0.2) is 62.4 Å². The Balaban J connectivity index is 5.71. The molecular formula is C17H41NO6Si2. The molecule has 2 N–H and O–H groups in total. The van der Waals surface area contributed by atoms with Crippen molar-refractivity contribution in [3.63, 3.8) is 0 Å². The third-order valence-corrected chi connectivity index (χ3v) is 11.2. The van der Waals surface area contributed by atoms with Gasteiger partial charge in [0.2, 0.25) is 0 Å². The summed E-state index contributed by atoms with van der Waals surface area (Å²) in [4.78, 5) is 0. The maximum Gasteiger partial charge on any atom is 0.521 e. The highest BCUT2D eigenvalue weighted by Gasteiger charge is 2.59. The Labute approximate surface area is 162 Å². The molecule has 0 aromatic carbocycles. The summed E-state index contributed by atoms with van der Waals surface area (Å²) in [7, 11) is -5.98. The molecule has 158 valence electrons. The lowest BCUT2D eigenvalue weighted by Crippen LogP contribution is -2.69. The van der Waals surface area contributed by atoms with E-state index in [1.54, 1.807) is 0 Å². The van der Waals surface area contributed by atoms with E-state index in [4.69, 9.17) is 32.3 Å². The first kappa shape index (κ1) is 26.2. The van der Waals surface area contributed by atoms with Gasteiger partial charge in [0.05, 0.1) is 5.16 Å². The molecule has 0 heterocycles. The Kier molecular flexibility index (Phi) is 12.7. The van der Waals surface area contributed by atoms with E-state index in [2.05, 4.69) is 6.92 Å². The first-order chi connectivity index (χ1) is 12.2. The maximum atomic E-state index is 6.78. The number of nitrogens with two attached hydrogens (primary N) is 1. The number of hydrogen-bond donors (Lipinski definition) is 1. The van der Waals surface area contributed by atoms with Gasteiger partial charge >= 0.3 is 17.6 Å². The molecule has 0 aromatic rings. The SMILES string of the molecule is CCO[Si](OCC)(OCC)C(C)CC(C)(N)[Si](OCC)(OCC)OCC. The molecule has 0 saturated heterocycles. The first-order valence-corrected chi connectivity index (χ1v) is 13.4. The summed E-state index contributed by atoms with van der Waals surface area (Å²) < 4.78 is 36.2. The largest absolute Gasteiger partial charge is 0.521 e. The van der Waals surface area contributed by atoms with Crippen LogP contribution in [0.1, 0.15) is 61.8 Å². The lowest BCUT2D eigenvalue weighted by atomic mass is 10.2. The molecule has 0 aliphatic heterocycles. The first-order valence-electron chi connectivity index (χ1n) is 9.87. The minimum absolute atomic E-state index is 0.0226. The predicted molar refractivity (Wildman–Crippen MR) is 108 cm³/mol. The lowest BCUT2D eigenvalue weighted by Gasteiger charge is -2.43. The number of hydrogen-bond acceptors (Lipinski definition) is 7. The molecule has 0 bridgehead atoms. The summed E-state index contributed by atoms with van der Waals surface area (Å²) in [5, 5.41) is -0.794. The minimum Gasteiger partial charge on any atom is -0.374 e. The van der Waals surface area contributed by atoms with Crippen molar-refractivity contribution in [1.29, 1.82) is 0 Å². The summed E-state index contributed by atoms with van der Waals surface area (Å²) in [5.74, 6) is 0. The van der Waals surface area contributed by atoms with Crippen molar-refractivity contribution in [3.05, 3.63) is 0 Å². The van der Waals surface area contributed by atoms with Gasteiger partial charge in [0.1, 0.15) is 0 Å². The predicted octanol–water partition coefficient (Wildman–Crippen LogP) is 3.12. The third kappa shape index (κ3) is 6.64. The zero-order valence-electron chi connectivity index (χ0n) is 18.1. The van der Waals surface area contributed by atoms with Crippen molar-refractivity contribution >= 4 is 17.6 Å². The Morgan fingerprint density at radius 3 is 1.27 bits per heavy atom. The molecule has 0 aliphatic rings. The van der Waals surface area contributed by atoms with Crippen LogP contribution in [0.5, 0.6) is 0 Å². The van der Waals surface area contributed by atoms with E-state index in [0.29, 0.717) is 46.1 Å². The van der Waals surface area contributed by atoms with E-state index in [9.17, 15) is 0 Å². The molecule has 0 aromatic heterocycles. The standard InChI is InChI=1S/C17H41NO6Si2/c1-9-19-25(20-10-2,21-11-3)16(7)15-17(8,18)26(22-12-4,23-13-5)24-14-6/h16H,9-15,18H2,1-8H3. The van der Waals surface area contributed by atoms with Gasteiger partial charge in [0.25, 0.3) is 0 Å². The van der Waals surface area contributed by atoms with Gasteiger partial charge in [-0.1, -0.05) is 6.92 Å². The Morgan fingerprint density at radius 1 is 0.692 bits per heavy atom. The quantitative estimate of drug-likeness (QED) is 0.391. The van der Waals surface area contributed by atoms with E-state index in [-0.39, 0.29) is 5.54 Å². The topological polar surface area (TPSA) is 81.4 Å². The van der Waals surface area contributed by atoms with Gasteiger partial charge in [-0.05, 0) is 54.9 Å². The molecule has 26 heavy (non-hydrogen) atoms. The van der Waals surface area contributed by atoms with Crippen LogP contribution in [0.4, 0.5) is 0 Å². The van der Waals surface area contributed by atoms with Gasteiger partial charge in [0, 0.05) is 45.2 Å². The fourth-order valence-electron chi connectivity index (χ4n) is 3.23. The summed E-state index contributed by atoms with van der Waals surface area (Å²) in [6.45, 7) is 18.7. The minimum atomic E-state index is -3.10. The molecule has 0 rings (SSSR count). The van der Waals surface area contributed by atoms with Crippen LogP contribution in [0, 0.1) is 0 Å². The van der Waals surface area contributed by atoms with Crippen molar-refractivity contribution in [2.75, 3.05) is 39.6 Å². The van der Waals surface area contributed by atoms with Crippen molar-refractivity contribution in [1.82, 2.24) is 0 Å². The highest BCUT2D eigenvalue weighted by atomic mass is 28.4. The van der Waals surface area contributed by atoms with Crippen LogP contribution >= 0.6 is 0 Å². The second-order valence-electron chi connectivity index (χ2n) is 6.28. The molecule has 0 amide bonds. The second-order valence-corrected chi connectivity index (χ2v) is 12.5. The molecule has 0 spiro atoms. The van der Waals surface area contributed by atoms with Gasteiger partial charge in [-0.3, -0.25) is 0 Å². The zero-order chi connectivity index (χ0) is 20.3. The Bertz CT molecular complexity index is 339. The van der Waals surface area contributed by atoms with Crippen molar-refractivity contribution in [2.45, 2.75) is 72.5 Å². The fraction of sp³-hybridized carbons (Fsp3) is 1.00. The molecule has 0 radical (unpaired) electrons. The maximum absolute atomic E-state index is 6.78. The smallest absolute Gasteiger partial charge is 0.374 e. The van der Waals surface area contributed by atoms with Crippen LogP contribution in [-0.2, 0) is 26.6 Å². The summed E-state index contributed by atoms with van der Waals surface area (Å²) >= 11 is 0. The van der Waals surface area contributed by atoms with Gasteiger partial charge in [-0.15, -0.1) is 0 Å². The Morgan fingerprint density at radius 2 is 1.00 bits per heavy atom. The molecule has 2 unspecified atom stereocenters. The normalized spacial score (nSPS) is 16.5. The molecule has 0 aliphatic carbocycles. The van der Waals surface area contributed by atoms with Crippen molar-refractivity contribution in [2.24, 2.45) is 5.73 Å². The van der Waals surface area contributed by atoms with E-state index in [0.717, 1.165) is 0 Å². The third-order valence-electron chi connectivity index (χ3n) is 4.07. The number of rotatable bonds is 16. The highest BCUT2D eigenvalue weighted by Crippen LogP contribution is 2.37. The van der Waals surface area contributed by atoms with Crippen LogP contribution in [0.15, 0.2) is 0 Å². The zero-order valence-corrected chi connectivity index (χ0v) is 20.1. The van der Waals surface area contributed by atoms with Gasteiger partial charge in [-0.2, -0.15) is 0 Å². The van der Waals surface area contributed by atoms with Gasteiger partial charge in [-0.25, -0.2) is 0 Å². The summed E-state index contributed by atoms with van der Waals surface area (Å²) in [6, 6.07) is 0.